The Bertz CT molecular complexity index is 733. The number of halogens is 1. The number of anilines is 1. The van der Waals surface area contributed by atoms with Crippen molar-refractivity contribution in [1.29, 1.82) is 0 Å². The highest BCUT2D eigenvalue weighted by Crippen LogP contribution is 2.28. The van der Waals surface area contributed by atoms with Gasteiger partial charge >= 0.3 is 0 Å². The van der Waals surface area contributed by atoms with E-state index in [2.05, 4.69) is 26.1 Å². The summed E-state index contributed by atoms with van der Waals surface area (Å²) in [5, 5.41) is 3.95. The Hall–Kier alpha value is -2.08. The van der Waals surface area contributed by atoms with E-state index in [0.717, 1.165) is 21.4 Å². The molecule has 2 heterocycles. The number of hydrogen-bond acceptors (Lipinski definition) is 5. The molecule has 19 heavy (non-hydrogen) atoms. The number of aryl methyl sites for hydroxylation is 1. The third-order valence-corrected chi connectivity index (χ3v) is 3.49. The number of hydrogen-bond donors (Lipinski definition) is 1. The molecule has 0 bridgehead atoms. The Kier molecular flexibility index (Phi) is 2.87. The molecule has 0 aliphatic rings. The molecule has 0 radical (unpaired) electrons. The van der Waals surface area contributed by atoms with Gasteiger partial charge in [0.2, 0.25) is 5.82 Å². The number of rotatable bonds is 2. The Balaban J connectivity index is 2.01. The molecular weight excluding hydrogens is 310 g/mol. The standard InChI is InChI=1S/C13H10BrN3O2/c1-7-9(4-5-18-7)12-16-13(19-17-12)8-2-3-10(14)11(15)6-8/h2-6H,15H2,1H3. The molecule has 3 aromatic rings. The van der Waals surface area contributed by atoms with Gasteiger partial charge in [-0.15, -0.1) is 0 Å². The van der Waals surface area contributed by atoms with Crippen LogP contribution in [0.5, 0.6) is 0 Å². The summed E-state index contributed by atoms with van der Waals surface area (Å²) in [6.07, 6.45) is 1.60. The molecule has 3 rings (SSSR count). The van der Waals surface area contributed by atoms with Crippen LogP contribution < -0.4 is 5.73 Å². The van der Waals surface area contributed by atoms with E-state index >= 15 is 0 Å². The van der Waals surface area contributed by atoms with Gasteiger partial charge in [-0.2, -0.15) is 4.98 Å². The second-order valence-corrected chi connectivity index (χ2v) is 4.90. The van der Waals surface area contributed by atoms with Gasteiger partial charge < -0.3 is 14.7 Å². The van der Waals surface area contributed by atoms with Gasteiger partial charge in [-0.25, -0.2) is 0 Å². The summed E-state index contributed by atoms with van der Waals surface area (Å²) in [6, 6.07) is 7.29. The predicted molar refractivity (Wildman–Crippen MR) is 74.3 cm³/mol. The van der Waals surface area contributed by atoms with Crippen molar-refractivity contribution >= 4 is 21.6 Å². The van der Waals surface area contributed by atoms with E-state index in [1.54, 1.807) is 18.4 Å². The van der Waals surface area contributed by atoms with E-state index in [4.69, 9.17) is 14.7 Å². The maximum absolute atomic E-state index is 5.83. The largest absolute Gasteiger partial charge is 0.469 e. The van der Waals surface area contributed by atoms with E-state index in [9.17, 15) is 0 Å². The van der Waals surface area contributed by atoms with Gasteiger partial charge in [0.15, 0.2) is 0 Å². The molecule has 0 aliphatic heterocycles. The second-order valence-electron chi connectivity index (χ2n) is 4.05. The number of nitrogens with zero attached hydrogens (tertiary/aromatic N) is 2. The minimum Gasteiger partial charge on any atom is -0.469 e. The van der Waals surface area contributed by atoms with Gasteiger partial charge in [0.25, 0.3) is 5.89 Å². The summed E-state index contributed by atoms with van der Waals surface area (Å²) in [5.41, 5.74) is 8.05. The zero-order chi connectivity index (χ0) is 13.4. The summed E-state index contributed by atoms with van der Waals surface area (Å²) in [6.45, 7) is 1.85. The van der Waals surface area contributed by atoms with Crippen molar-refractivity contribution in [2.75, 3.05) is 5.73 Å². The number of nitrogen functional groups attached to an aromatic ring is 1. The second kappa shape index (κ2) is 4.55. The molecule has 0 atom stereocenters. The van der Waals surface area contributed by atoms with Crippen LogP contribution in [0.2, 0.25) is 0 Å². The summed E-state index contributed by atoms with van der Waals surface area (Å²) in [4.78, 5) is 4.35. The summed E-state index contributed by atoms with van der Waals surface area (Å²) in [7, 11) is 0. The van der Waals surface area contributed by atoms with E-state index in [-0.39, 0.29) is 0 Å². The predicted octanol–water partition coefficient (Wildman–Crippen LogP) is 3.65. The third-order valence-electron chi connectivity index (χ3n) is 2.77. The molecule has 0 spiro atoms. The third kappa shape index (κ3) is 2.15. The average molecular weight is 320 g/mol. The molecule has 0 amide bonds. The Morgan fingerprint density at radius 3 is 2.79 bits per heavy atom. The average Bonchev–Trinajstić information content (AvgIpc) is 3.01. The van der Waals surface area contributed by atoms with E-state index in [0.29, 0.717) is 17.4 Å². The van der Waals surface area contributed by atoms with Crippen LogP contribution in [0.3, 0.4) is 0 Å². The monoisotopic (exact) mass is 319 g/mol. The minimum atomic E-state index is 0.426. The van der Waals surface area contributed by atoms with Crippen LogP contribution in [-0.2, 0) is 0 Å². The summed E-state index contributed by atoms with van der Waals surface area (Å²) < 4.78 is 11.3. The number of furan rings is 1. The lowest BCUT2D eigenvalue weighted by Gasteiger charge is -1.99. The quantitative estimate of drug-likeness (QED) is 0.729. The van der Waals surface area contributed by atoms with Crippen LogP contribution in [0.15, 0.2) is 43.9 Å². The van der Waals surface area contributed by atoms with Crippen LogP contribution in [0, 0.1) is 6.92 Å². The van der Waals surface area contributed by atoms with Crippen LogP contribution in [0.1, 0.15) is 5.76 Å². The first-order valence-corrected chi connectivity index (χ1v) is 6.38. The minimum absolute atomic E-state index is 0.426. The van der Waals surface area contributed by atoms with Gasteiger partial charge in [0.05, 0.1) is 11.8 Å². The van der Waals surface area contributed by atoms with Crippen LogP contribution in [0.4, 0.5) is 5.69 Å². The number of benzene rings is 1. The van der Waals surface area contributed by atoms with Crippen LogP contribution in [-0.4, -0.2) is 10.1 Å². The van der Waals surface area contributed by atoms with Gasteiger partial charge in [0, 0.05) is 15.7 Å². The highest BCUT2D eigenvalue weighted by atomic mass is 79.9. The molecular formula is C13H10BrN3O2. The molecule has 6 heteroatoms. The van der Waals surface area contributed by atoms with Gasteiger partial charge in [-0.1, -0.05) is 5.16 Å². The fourth-order valence-electron chi connectivity index (χ4n) is 1.74. The SMILES string of the molecule is Cc1occc1-c1noc(-c2ccc(Br)c(N)c2)n1. The van der Waals surface area contributed by atoms with Crippen molar-refractivity contribution in [2.45, 2.75) is 6.92 Å². The molecule has 2 N–H and O–H groups in total. The molecule has 0 fully saturated rings. The molecule has 0 unspecified atom stereocenters. The highest BCUT2D eigenvalue weighted by molar-refractivity contribution is 9.10. The molecule has 0 saturated carbocycles. The maximum atomic E-state index is 5.83. The Morgan fingerprint density at radius 1 is 1.26 bits per heavy atom. The first-order valence-electron chi connectivity index (χ1n) is 5.59. The van der Waals surface area contributed by atoms with E-state index in [1.165, 1.54) is 0 Å². The van der Waals surface area contributed by atoms with E-state index in [1.807, 2.05) is 19.1 Å². The van der Waals surface area contributed by atoms with Crippen molar-refractivity contribution in [3.05, 3.63) is 40.8 Å². The molecule has 0 saturated heterocycles. The molecule has 96 valence electrons. The lowest BCUT2D eigenvalue weighted by atomic mass is 10.2. The van der Waals surface area contributed by atoms with Gasteiger partial charge in [-0.3, -0.25) is 0 Å². The fraction of sp³-hybridized carbons (Fsp3) is 0.0769. The number of nitrogens with two attached hydrogens (primary N) is 1. The van der Waals surface area contributed by atoms with Crippen LogP contribution >= 0.6 is 15.9 Å². The van der Waals surface area contributed by atoms with Crippen LogP contribution in [0.25, 0.3) is 22.8 Å². The lowest BCUT2D eigenvalue weighted by Crippen LogP contribution is -1.87. The van der Waals surface area contributed by atoms with Crippen molar-refractivity contribution < 1.29 is 8.94 Å². The Morgan fingerprint density at radius 2 is 2.11 bits per heavy atom. The smallest absolute Gasteiger partial charge is 0.258 e. The molecule has 2 aromatic heterocycles. The lowest BCUT2D eigenvalue weighted by molar-refractivity contribution is 0.432. The zero-order valence-corrected chi connectivity index (χ0v) is 11.6. The number of aromatic nitrogens is 2. The van der Waals surface area contributed by atoms with Crippen molar-refractivity contribution in [3.8, 4) is 22.8 Å². The molecule has 0 aliphatic carbocycles. The normalized spacial score (nSPS) is 10.8. The first-order chi connectivity index (χ1) is 9.15. The van der Waals surface area contributed by atoms with Gasteiger partial charge in [-0.05, 0) is 47.1 Å². The first kappa shape index (κ1) is 12.0. The van der Waals surface area contributed by atoms with E-state index < -0.39 is 0 Å². The van der Waals surface area contributed by atoms with Crippen molar-refractivity contribution in [1.82, 2.24) is 10.1 Å². The highest BCUT2D eigenvalue weighted by Gasteiger charge is 2.14. The van der Waals surface area contributed by atoms with Crippen molar-refractivity contribution in [3.63, 3.8) is 0 Å². The Labute approximate surface area is 117 Å². The maximum Gasteiger partial charge on any atom is 0.258 e. The zero-order valence-electron chi connectivity index (χ0n) is 10.1. The summed E-state index contributed by atoms with van der Waals surface area (Å²) in [5.74, 6) is 1.68. The molecule has 1 aromatic carbocycles. The van der Waals surface area contributed by atoms with Crippen molar-refractivity contribution in [2.24, 2.45) is 0 Å². The summed E-state index contributed by atoms with van der Waals surface area (Å²) >= 11 is 3.34. The van der Waals surface area contributed by atoms with Gasteiger partial charge in [0.1, 0.15) is 5.76 Å². The topological polar surface area (TPSA) is 78.1 Å². The fourth-order valence-corrected chi connectivity index (χ4v) is 1.99. The molecule has 5 nitrogen and oxygen atoms in total.